The zero-order valence-corrected chi connectivity index (χ0v) is 13.5. The lowest BCUT2D eigenvalue weighted by atomic mass is 9.89. The van der Waals surface area contributed by atoms with Crippen molar-refractivity contribution in [3.05, 3.63) is 11.9 Å². The Kier molecular flexibility index (Phi) is 6.06. The molecule has 120 valence electrons. The molecule has 0 aliphatic heterocycles. The van der Waals surface area contributed by atoms with Crippen LogP contribution >= 0.6 is 0 Å². The van der Waals surface area contributed by atoms with Crippen LogP contribution < -0.4 is 5.32 Å². The first-order valence-corrected chi connectivity index (χ1v) is 8.14. The highest BCUT2D eigenvalue weighted by Crippen LogP contribution is 2.25. The van der Waals surface area contributed by atoms with Gasteiger partial charge in [0.2, 0.25) is 0 Å². The van der Waals surface area contributed by atoms with Crippen LogP contribution in [0.1, 0.15) is 45.2 Å². The quantitative estimate of drug-likeness (QED) is 0.810. The van der Waals surface area contributed by atoms with Gasteiger partial charge in [-0.25, -0.2) is 0 Å². The predicted molar refractivity (Wildman–Crippen MR) is 84.5 cm³/mol. The van der Waals surface area contributed by atoms with E-state index in [1.54, 1.807) is 4.68 Å². The maximum absolute atomic E-state index is 10.0. The van der Waals surface area contributed by atoms with E-state index >= 15 is 0 Å². The van der Waals surface area contributed by atoms with E-state index in [0.717, 1.165) is 36.6 Å². The molecule has 0 spiro atoms. The largest absolute Gasteiger partial charge is 0.389 e. The maximum atomic E-state index is 10.0. The van der Waals surface area contributed by atoms with Gasteiger partial charge in [0.25, 0.3) is 0 Å². The maximum Gasteiger partial charge on any atom is 0.0945 e. The van der Waals surface area contributed by atoms with Crippen LogP contribution in [-0.4, -0.2) is 40.2 Å². The van der Waals surface area contributed by atoms with Gasteiger partial charge in [0, 0.05) is 19.8 Å². The molecule has 1 aliphatic carbocycles. The summed E-state index contributed by atoms with van der Waals surface area (Å²) in [6.45, 7) is 5.29. The highest BCUT2D eigenvalue weighted by atomic mass is 16.5. The average molecular weight is 295 g/mol. The molecular formula is C16H29N3O2. The minimum absolute atomic E-state index is 0.334. The number of anilines is 1. The summed E-state index contributed by atoms with van der Waals surface area (Å²) in [5, 5.41) is 17.7. The predicted octanol–water partition coefficient (Wildman–Crippen LogP) is 2.35. The van der Waals surface area contributed by atoms with Crippen molar-refractivity contribution in [2.45, 2.75) is 58.2 Å². The highest BCUT2D eigenvalue weighted by molar-refractivity contribution is 5.46. The average Bonchev–Trinajstić information content (AvgIpc) is 2.84. The van der Waals surface area contributed by atoms with Gasteiger partial charge in [-0.1, -0.05) is 13.8 Å². The van der Waals surface area contributed by atoms with Crippen LogP contribution in [-0.2, 0) is 18.2 Å². The lowest BCUT2D eigenvalue weighted by Gasteiger charge is -2.27. The van der Waals surface area contributed by atoms with Crippen molar-refractivity contribution in [1.29, 1.82) is 0 Å². The van der Waals surface area contributed by atoms with Crippen LogP contribution in [0.3, 0.4) is 0 Å². The lowest BCUT2D eigenvalue weighted by Crippen LogP contribution is -2.29. The van der Waals surface area contributed by atoms with E-state index in [2.05, 4.69) is 24.3 Å². The van der Waals surface area contributed by atoms with Gasteiger partial charge in [0.05, 0.1) is 30.2 Å². The Hall–Kier alpha value is -1.07. The number of aryl methyl sites for hydroxylation is 2. The molecule has 0 radical (unpaired) electrons. The Morgan fingerprint density at radius 1 is 1.43 bits per heavy atom. The number of hydrogen-bond acceptors (Lipinski definition) is 4. The number of hydrogen-bond donors (Lipinski definition) is 2. The van der Waals surface area contributed by atoms with Crippen LogP contribution in [0.5, 0.6) is 0 Å². The minimum Gasteiger partial charge on any atom is -0.389 e. The smallest absolute Gasteiger partial charge is 0.0945 e. The fourth-order valence-corrected chi connectivity index (χ4v) is 2.87. The second-order valence-electron chi connectivity index (χ2n) is 6.27. The Morgan fingerprint density at radius 3 is 2.81 bits per heavy atom. The van der Waals surface area contributed by atoms with E-state index < -0.39 is 6.10 Å². The summed E-state index contributed by atoms with van der Waals surface area (Å²) >= 11 is 0. The van der Waals surface area contributed by atoms with Crippen LogP contribution in [0, 0.1) is 5.92 Å². The van der Waals surface area contributed by atoms with Crippen LogP contribution in [0.2, 0.25) is 0 Å². The molecule has 0 saturated heterocycles. The second-order valence-corrected chi connectivity index (χ2v) is 6.27. The standard InChI is InChI=1S/C16H29N3O2/c1-4-15-16(10-19(3)18-15)17-9-13(20)11-21-14-7-5-12(2)6-8-14/h10,12-14,17,20H,4-9,11H2,1-3H3. The molecule has 1 saturated carbocycles. The van der Waals surface area contributed by atoms with Crippen LogP contribution in [0.15, 0.2) is 6.20 Å². The van der Waals surface area contributed by atoms with Crippen molar-refractivity contribution in [3.8, 4) is 0 Å². The van der Waals surface area contributed by atoms with Crippen LogP contribution in [0.25, 0.3) is 0 Å². The fraction of sp³-hybridized carbons (Fsp3) is 0.812. The molecule has 1 aliphatic rings. The van der Waals surface area contributed by atoms with E-state index in [0.29, 0.717) is 19.3 Å². The van der Waals surface area contributed by atoms with E-state index in [1.165, 1.54) is 12.8 Å². The Balaban J connectivity index is 1.68. The van der Waals surface area contributed by atoms with Crippen molar-refractivity contribution >= 4 is 5.69 Å². The number of aliphatic hydroxyl groups excluding tert-OH is 1. The van der Waals surface area contributed by atoms with Crippen molar-refractivity contribution in [3.63, 3.8) is 0 Å². The summed E-state index contributed by atoms with van der Waals surface area (Å²) in [5.41, 5.74) is 2.04. The van der Waals surface area contributed by atoms with Gasteiger partial charge in [0.1, 0.15) is 0 Å². The first-order chi connectivity index (χ1) is 10.1. The van der Waals surface area contributed by atoms with Gasteiger partial charge in [0.15, 0.2) is 0 Å². The van der Waals surface area contributed by atoms with E-state index in [1.807, 2.05) is 13.2 Å². The van der Waals surface area contributed by atoms with Gasteiger partial charge in [-0.2, -0.15) is 5.10 Å². The van der Waals surface area contributed by atoms with Gasteiger partial charge < -0.3 is 15.2 Å². The molecule has 1 heterocycles. The zero-order valence-electron chi connectivity index (χ0n) is 13.5. The SMILES string of the molecule is CCc1nn(C)cc1NCC(O)COC1CCC(C)CC1. The molecule has 5 nitrogen and oxygen atoms in total. The van der Waals surface area contributed by atoms with Crippen molar-refractivity contribution in [2.75, 3.05) is 18.5 Å². The van der Waals surface area contributed by atoms with E-state index in [4.69, 9.17) is 4.74 Å². The third kappa shape index (κ3) is 5.00. The molecule has 1 unspecified atom stereocenters. The van der Waals surface area contributed by atoms with Crippen molar-refractivity contribution in [1.82, 2.24) is 9.78 Å². The summed E-state index contributed by atoms with van der Waals surface area (Å²) in [4.78, 5) is 0. The summed E-state index contributed by atoms with van der Waals surface area (Å²) < 4.78 is 7.63. The Labute approximate surface area is 127 Å². The Morgan fingerprint density at radius 2 is 2.14 bits per heavy atom. The summed E-state index contributed by atoms with van der Waals surface area (Å²) in [7, 11) is 1.91. The molecule has 0 bridgehead atoms. The molecule has 0 aromatic carbocycles. The summed E-state index contributed by atoms with van der Waals surface area (Å²) in [6, 6.07) is 0. The molecule has 21 heavy (non-hydrogen) atoms. The lowest BCUT2D eigenvalue weighted by molar-refractivity contribution is -0.0245. The number of ether oxygens (including phenoxy) is 1. The molecule has 1 aromatic rings. The Bertz CT molecular complexity index is 425. The third-order valence-corrected chi connectivity index (χ3v) is 4.26. The van der Waals surface area contributed by atoms with Crippen molar-refractivity contribution < 1.29 is 9.84 Å². The molecule has 2 rings (SSSR count). The minimum atomic E-state index is -0.478. The number of aliphatic hydroxyl groups is 1. The second kappa shape index (κ2) is 7.80. The molecular weight excluding hydrogens is 266 g/mol. The van der Waals surface area contributed by atoms with Crippen molar-refractivity contribution in [2.24, 2.45) is 13.0 Å². The number of nitrogens with one attached hydrogen (secondary N) is 1. The van der Waals surface area contributed by atoms with Gasteiger partial charge in [-0.05, 0) is 38.0 Å². The molecule has 5 heteroatoms. The number of nitrogens with zero attached hydrogens (tertiary/aromatic N) is 2. The molecule has 2 N–H and O–H groups in total. The molecule has 1 atom stereocenters. The van der Waals surface area contributed by atoms with E-state index in [-0.39, 0.29) is 0 Å². The first-order valence-electron chi connectivity index (χ1n) is 8.14. The van der Waals surface area contributed by atoms with Gasteiger partial charge in [-0.3, -0.25) is 4.68 Å². The normalized spacial score (nSPS) is 24.0. The molecule has 1 aromatic heterocycles. The third-order valence-electron chi connectivity index (χ3n) is 4.26. The first kappa shape index (κ1) is 16.3. The summed E-state index contributed by atoms with van der Waals surface area (Å²) in [6.07, 6.45) is 7.44. The number of rotatable bonds is 7. The topological polar surface area (TPSA) is 59.3 Å². The summed E-state index contributed by atoms with van der Waals surface area (Å²) in [5.74, 6) is 0.828. The highest BCUT2D eigenvalue weighted by Gasteiger charge is 2.19. The zero-order chi connectivity index (χ0) is 15.2. The van der Waals surface area contributed by atoms with E-state index in [9.17, 15) is 5.11 Å². The molecule has 0 amide bonds. The van der Waals surface area contributed by atoms with Gasteiger partial charge in [-0.15, -0.1) is 0 Å². The monoisotopic (exact) mass is 295 g/mol. The number of aromatic nitrogens is 2. The van der Waals surface area contributed by atoms with Gasteiger partial charge >= 0.3 is 0 Å². The van der Waals surface area contributed by atoms with Crippen LogP contribution in [0.4, 0.5) is 5.69 Å². The fourth-order valence-electron chi connectivity index (χ4n) is 2.87. The molecule has 1 fully saturated rings.